The molecule has 1 aliphatic heterocycles. The summed E-state index contributed by atoms with van der Waals surface area (Å²) in [6, 6.07) is 14.5. The number of H-pyrrole nitrogens is 1. The van der Waals surface area contributed by atoms with Crippen molar-refractivity contribution in [1.29, 1.82) is 0 Å². The number of hydrogen-bond acceptors (Lipinski definition) is 3. The van der Waals surface area contributed by atoms with Crippen LogP contribution < -0.4 is 10.9 Å². The summed E-state index contributed by atoms with van der Waals surface area (Å²) in [5.41, 5.74) is 6.30. The molecule has 4 rings (SSSR count). The van der Waals surface area contributed by atoms with E-state index >= 15 is 0 Å². The van der Waals surface area contributed by atoms with Gasteiger partial charge >= 0.3 is 0 Å². The van der Waals surface area contributed by atoms with E-state index in [9.17, 15) is 4.79 Å². The van der Waals surface area contributed by atoms with E-state index in [0.29, 0.717) is 6.54 Å². The van der Waals surface area contributed by atoms with E-state index in [0.717, 1.165) is 34.3 Å². The molecule has 0 bridgehead atoms. The van der Waals surface area contributed by atoms with Gasteiger partial charge in [0.15, 0.2) is 0 Å². The molecule has 0 unspecified atom stereocenters. The molecule has 0 aliphatic carbocycles. The standard InChI is InChI=1S/C22H23N3O/c1-22(2,3)18-5-7-20-15(9-18)8-17(21(26)25-20)13-24-19-6-4-14-11-23-12-16(14)10-19/h4-10,12,24H,11,13H2,1-3H3,(H,25,26). The number of aromatic amines is 1. The number of nitrogens with one attached hydrogen (secondary N) is 2. The van der Waals surface area contributed by atoms with Crippen LogP contribution in [-0.4, -0.2) is 11.2 Å². The van der Waals surface area contributed by atoms with Crippen molar-refractivity contribution in [3.8, 4) is 0 Å². The predicted octanol–water partition coefficient (Wildman–Crippen LogP) is 4.37. The summed E-state index contributed by atoms with van der Waals surface area (Å²) in [4.78, 5) is 19.7. The van der Waals surface area contributed by atoms with E-state index in [1.807, 2.05) is 24.4 Å². The molecule has 0 radical (unpaired) electrons. The third kappa shape index (κ3) is 3.15. The number of fused-ring (bicyclic) bond motifs is 2. The second-order valence-corrected chi connectivity index (χ2v) is 7.91. The Morgan fingerprint density at radius 2 is 1.96 bits per heavy atom. The monoisotopic (exact) mass is 345 g/mol. The van der Waals surface area contributed by atoms with E-state index in [2.05, 4.69) is 60.3 Å². The average Bonchev–Trinajstić information content (AvgIpc) is 3.06. The van der Waals surface area contributed by atoms with Gasteiger partial charge in [0.05, 0.1) is 6.54 Å². The second-order valence-electron chi connectivity index (χ2n) is 7.91. The van der Waals surface area contributed by atoms with Gasteiger partial charge in [-0.15, -0.1) is 0 Å². The highest BCUT2D eigenvalue weighted by atomic mass is 16.1. The maximum absolute atomic E-state index is 12.4. The smallest absolute Gasteiger partial charge is 0.253 e. The van der Waals surface area contributed by atoms with Crippen LogP contribution in [0.1, 0.15) is 43.0 Å². The fourth-order valence-electron chi connectivity index (χ4n) is 3.26. The van der Waals surface area contributed by atoms with Gasteiger partial charge in [0.2, 0.25) is 0 Å². The highest BCUT2D eigenvalue weighted by Crippen LogP contribution is 2.25. The molecule has 0 amide bonds. The zero-order valence-corrected chi connectivity index (χ0v) is 15.4. The molecule has 2 heterocycles. The van der Waals surface area contributed by atoms with Crippen LogP contribution in [0.4, 0.5) is 5.69 Å². The fraction of sp³-hybridized carbons (Fsp3) is 0.273. The molecule has 4 nitrogen and oxygen atoms in total. The van der Waals surface area contributed by atoms with Crippen LogP contribution in [0.3, 0.4) is 0 Å². The van der Waals surface area contributed by atoms with E-state index in [1.54, 1.807) is 0 Å². The first-order valence-corrected chi connectivity index (χ1v) is 8.93. The van der Waals surface area contributed by atoms with Crippen molar-refractivity contribution in [2.45, 2.75) is 39.3 Å². The molecule has 0 spiro atoms. The Labute approximate surface area is 153 Å². The van der Waals surface area contributed by atoms with Crippen molar-refractivity contribution in [3.63, 3.8) is 0 Å². The zero-order chi connectivity index (χ0) is 18.3. The van der Waals surface area contributed by atoms with Crippen LogP contribution in [0.15, 0.2) is 52.3 Å². The molecule has 2 aromatic carbocycles. The summed E-state index contributed by atoms with van der Waals surface area (Å²) in [7, 11) is 0. The zero-order valence-electron chi connectivity index (χ0n) is 15.4. The van der Waals surface area contributed by atoms with Crippen LogP contribution in [0, 0.1) is 0 Å². The van der Waals surface area contributed by atoms with Crippen molar-refractivity contribution in [2.75, 3.05) is 5.32 Å². The molecule has 3 aromatic rings. The van der Waals surface area contributed by atoms with Crippen molar-refractivity contribution in [2.24, 2.45) is 4.99 Å². The number of aromatic nitrogens is 1. The summed E-state index contributed by atoms with van der Waals surface area (Å²) in [5, 5.41) is 4.42. The Bertz CT molecular complexity index is 1070. The van der Waals surface area contributed by atoms with Crippen LogP contribution >= 0.6 is 0 Å². The molecule has 2 N–H and O–H groups in total. The maximum Gasteiger partial charge on any atom is 0.253 e. The van der Waals surface area contributed by atoms with Gasteiger partial charge in [0.1, 0.15) is 0 Å². The lowest BCUT2D eigenvalue weighted by molar-refractivity contribution is 0.591. The lowest BCUT2D eigenvalue weighted by atomic mass is 9.86. The van der Waals surface area contributed by atoms with Gasteiger partial charge in [-0.1, -0.05) is 32.9 Å². The summed E-state index contributed by atoms with van der Waals surface area (Å²) < 4.78 is 0. The minimum atomic E-state index is -0.0452. The number of rotatable bonds is 3. The Balaban J connectivity index is 1.62. The van der Waals surface area contributed by atoms with Gasteiger partial charge in [-0.25, -0.2) is 0 Å². The normalized spacial score (nSPS) is 13.2. The quantitative estimate of drug-likeness (QED) is 0.740. The fourth-order valence-corrected chi connectivity index (χ4v) is 3.26. The van der Waals surface area contributed by atoms with Gasteiger partial charge in [0, 0.05) is 29.5 Å². The van der Waals surface area contributed by atoms with Crippen molar-refractivity contribution < 1.29 is 0 Å². The van der Waals surface area contributed by atoms with E-state index in [4.69, 9.17) is 0 Å². The lowest BCUT2D eigenvalue weighted by Crippen LogP contribution is -2.16. The molecule has 0 fully saturated rings. The third-order valence-electron chi connectivity index (χ3n) is 4.91. The highest BCUT2D eigenvalue weighted by Gasteiger charge is 2.14. The van der Waals surface area contributed by atoms with Gasteiger partial charge in [-0.05, 0) is 57.8 Å². The third-order valence-corrected chi connectivity index (χ3v) is 4.91. The van der Waals surface area contributed by atoms with Crippen molar-refractivity contribution in [3.05, 3.63) is 75.1 Å². The first-order valence-electron chi connectivity index (χ1n) is 8.93. The molecular weight excluding hydrogens is 322 g/mol. The first-order chi connectivity index (χ1) is 12.4. The summed E-state index contributed by atoms with van der Waals surface area (Å²) >= 11 is 0. The molecular formula is C22H23N3O. The first kappa shape index (κ1) is 16.6. The minimum absolute atomic E-state index is 0.0452. The molecule has 1 aromatic heterocycles. The van der Waals surface area contributed by atoms with Crippen molar-refractivity contribution >= 4 is 22.8 Å². The van der Waals surface area contributed by atoms with Gasteiger partial charge in [0.25, 0.3) is 5.56 Å². The predicted molar refractivity (Wildman–Crippen MR) is 108 cm³/mol. The second kappa shape index (κ2) is 6.13. The van der Waals surface area contributed by atoms with Gasteiger partial charge in [-0.3, -0.25) is 9.79 Å². The van der Waals surface area contributed by atoms with Crippen LogP contribution in [0.5, 0.6) is 0 Å². The molecule has 0 saturated heterocycles. The summed E-state index contributed by atoms with van der Waals surface area (Å²) in [6.45, 7) is 7.83. The highest BCUT2D eigenvalue weighted by molar-refractivity contribution is 5.86. The Kier molecular flexibility index (Phi) is 3.91. The van der Waals surface area contributed by atoms with Crippen LogP contribution in [-0.2, 0) is 18.5 Å². The Morgan fingerprint density at radius 1 is 1.12 bits per heavy atom. The molecule has 1 aliphatic rings. The molecule has 0 saturated carbocycles. The Hall–Kier alpha value is -2.88. The summed E-state index contributed by atoms with van der Waals surface area (Å²) in [6.07, 6.45) is 1.90. The lowest BCUT2D eigenvalue weighted by Gasteiger charge is -2.19. The SMILES string of the molecule is CC(C)(C)c1ccc2[nH]c(=O)c(CNc3ccc4c(c3)C=NC4)cc2c1. The van der Waals surface area contributed by atoms with E-state index in [1.165, 1.54) is 11.1 Å². The van der Waals surface area contributed by atoms with Gasteiger partial charge in [-0.2, -0.15) is 0 Å². The molecule has 4 heteroatoms. The number of benzene rings is 2. The van der Waals surface area contributed by atoms with Gasteiger partial charge < -0.3 is 10.3 Å². The average molecular weight is 345 g/mol. The van der Waals surface area contributed by atoms with Crippen LogP contribution in [0.25, 0.3) is 10.9 Å². The topological polar surface area (TPSA) is 57.2 Å². The van der Waals surface area contributed by atoms with E-state index in [-0.39, 0.29) is 11.0 Å². The Morgan fingerprint density at radius 3 is 2.77 bits per heavy atom. The minimum Gasteiger partial charge on any atom is -0.381 e. The number of nitrogens with zero attached hydrogens (tertiary/aromatic N) is 1. The molecule has 26 heavy (non-hydrogen) atoms. The number of aliphatic imine (C=N–C) groups is 1. The van der Waals surface area contributed by atoms with Crippen molar-refractivity contribution in [1.82, 2.24) is 4.98 Å². The maximum atomic E-state index is 12.4. The largest absolute Gasteiger partial charge is 0.381 e. The number of hydrogen-bond donors (Lipinski definition) is 2. The van der Waals surface area contributed by atoms with Crippen LogP contribution in [0.2, 0.25) is 0 Å². The van der Waals surface area contributed by atoms with E-state index < -0.39 is 0 Å². The molecule has 132 valence electrons. The number of anilines is 1. The number of pyridine rings is 1. The summed E-state index contributed by atoms with van der Waals surface area (Å²) in [5.74, 6) is 0. The molecule has 0 atom stereocenters.